The quantitative estimate of drug-likeness (QED) is 0.860. The highest BCUT2D eigenvalue weighted by Crippen LogP contribution is 2.33. The summed E-state index contributed by atoms with van der Waals surface area (Å²) >= 11 is 0. The first-order valence-corrected chi connectivity index (χ1v) is 6.43. The molecule has 1 fully saturated rings. The molecule has 2 aliphatic heterocycles. The van der Waals surface area contributed by atoms with Gasteiger partial charge in [0.05, 0.1) is 19.8 Å². The summed E-state index contributed by atoms with van der Waals surface area (Å²) in [5, 5.41) is 3.36. The third-order valence-electron chi connectivity index (χ3n) is 3.63. The van der Waals surface area contributed by atoms with Crippen LogP contribution < -0.4 is 10.1 Å². The topological polar surface area (TPSA) is 30.5 Å². The second kappa shape index (κ2) is 5.07. The van der Waals surface area contributed by atoms with Gasteiger partial charge < -0.3 is 14.8 Å². The van der Waals surface area contributed by atoms with Gasteiger partial charge in [-0.15, -0.1) is 0 Å². The van der Waals surface area contributed by atoms with E-state index in [1.165, 1.54) is 12.0 Å². The van der Waals surface area contributed by atoms with Crippen LogP contribution in [0.1, 0.15) is 17.9 Å². The summed E-state index contributed by atoms with van der Waals surface area (Å²) in [6.07, 6.45) is 1.25. The van der Waals surface area contributed by atoms with E-state index in [9.17, 15) is 0 Å². The Morgan fingerprint density at radius 2 is 2.24 bits per heavy atom. The third kappa shape index (κ3) is 2.45. The summed E-state index contributed by atoms with van der Waals surface area (Å²) in [5.41, 5.74) is 1.30. The second-order valence-electron chi connectivity index (χ2n) is 4.94. The molecule has 1 saturated heterocycles. The van der Waals surface area contributed by atoms with Crippen molar-refractivity contribution < 1.29 is 9.47 Å². The van der Waals surface area contributed by atoms with E-state index in [0.717, 1.165) is 38.7 Å². The second-order valence-corrected chi connectivity index (χ2v) is 4.94. The van der Waals surface area contributed by atoms with Gasteiger partial charge in [-0.3, -0.25) is 0 Å². The SMILES string of the molecule is c1ccc2c(c1)OCC2COCC1CCNC1. The van der Waals surface area contributed by atoms with Crippen LogP contribution in [0.4, 0.5) is 0 Å². The Kier molecular flexibility index (Phi) is 3.29. The first-order valence-electron chi connectivity index (χ1n) is 6.43. The van der Waals surface area contributed by atoms with Gasteiger partial charge in [-0.05, 0) is 24.9 Å². The van der Waals surface area contributed by atoms with Gasteiger partial charge in [0.2, 0.25) is 0 Å². The van der Waals surface area contributed by atoms with Crippen LogP contribution in [0.25, 0.3) is 0 Å². The number of hydrogen-bond donors (Lipinski definition) is 1. The van der Waals surface area contributed by atoms with Crippen LogP contribution in [0.15, 0.2) is 24.3 Å². The summed E-state index contributed by atoms with van der Waals surface area (Å²) < 4.78 is 11.5. The molecule has 0 saturated carbocycles. The zero-order valence-corrected chi connectivity index (χ0v) is 10.0. The van der Waals surface area contributed by atoms with Crippen molar-refractivity contribution in [1.29, 1.82) is 0 Å². The maximum Gasteiger partial charge on any atom is 0.123 e. The largest absolute Gasteiger partial charge is 0.493 e. The van der Waals surface area contributed by atoms with Crippen molar-refractivity contribution in [2.24, 2.45) is 5.92 Å². The zero-order chi connectivity index (χ0) is 11.5. The zero-order valence-electron chi connectivity index (χ0n) is 10.0. The van der Waals surface area contributed by atoms with E-state index in [2.05, 4.69) is 17.4 Å². The molecule has 1 aromatic carbocycles. The van der Waals surface area contributed by atoms with Crippen molar-refractivity contribution in [1.82, 2.24) is 5.32 Å². The van der Waals surface area contributed by atoms with E-state index in [1.54, 1.807) is 0 Å². The van der Waals surface area contributed by atoms with Crippen molar-refractivity contribution in [2.45, 2.75) is 12.3 Å². The van der Waals surface area contributed by atoms with Crippen LogP contribution in [-0.4, -0.2) is 32.9 Å². The summed E-state index contributed by atoms with van der Waals surface area (Å²) in [7, 11) is 0. The number of benzene rings is 1. The average molecular weight is 233 g/mol. The normalized spacial score (nSPS) is 26.8. The van der Waals surface area contributed by atoms with Gasteiger partial charge in [-0.25, -0.2) is 0 Å². The Labute approximate surface area is 102 Å². The molecular formula is C14H19NO2. The van der Waals surface area contributed by atoms with Crippen molar-refractivity contribution in [3.8, 4) is 5.75 Å². The molecule has 2 unspecified atom stereocenters. The summed E-state index contributed by atoms with van der Waals surface area (Å²) in [4.78, 5) is 0. The molecule has 0 radical (unpaired) electrons. The molecule has 0 amide bonds. The molecule has 3 nitrogen and oxygen atoms in total. The molecule has 2 heterocycles. The van der Waals surface area contributed by atoms with Crippen molar-refractivity contribution >= 4 is 0 Å². The van der Waals surface area contributed by atoms with E-state index in [4.69, 9.17) is 9.47 Å². The lowest BCUT2D eigenvalue weighted by atomic mass is 10.0. The molecule has 0 bridgehead atoms. The molecule has 3 rings (SSSR count). The van der Waals surface area contributed by atoms with Crippen LogP contribution in [0.2, 0.25) is 0 Å². The van der Waals surface area contributed by atoms with Gasteiger partial charge in [0, 0.05) is 18.0 Å². The van der Waals surface area contributed by atoms with Gasteiger partial charge in [0.15, 0.2) is 0 Å². The molecule has 2 atom stereocenters. The molecule has 1 N–H and O–H groups in total. The van der Waals surface area contributed by atoms with Crippen molar-refractivity contribution in [2.75, 3.05) is 32.9 Å². The Morgan fingerprint density at radius 3 is 3.12 bits per heavy atom. The third-order valence-corrected chi connectivity index (χ3v) is 3.63. The van der Waals surface area contributed by atoms with Crippen LogP contribution in [0.5, 0.6) is 5.75 Å². The molecular weight excluding hydrogens is 214 g/mol. The lowest BCUT2D eigenvalue weighted by Crippen LogP contribution is -2.17. The van der Waals surface area contributed by atoms with E-state index in [0.29, 0.717) is 11.8 Å². The number of hydrogen-bond acceptors (Lipinski definition) is 3. The Hall–Kier alpha value is -1.06. The van der Waals surface area contributed by atoms with Crippen LogP contribution in [0, 0.1) is 5.92 Å². The highest BCUT2D eigenvalue weighted by molar-refractivity contribution is 5.39. The fourth-order valence-electron chi connectivity index (χ4n) is 2.60. The predicted octanol–water partition coefficient (Wildman–Crippen LogP) is 1.79. The minimum Gasteiger partial charge on any atom is -0.493 e. The summed E-state index contributed by atoms with van der Waals surface area (Å²) in [5.74, 6) is 2.15. The molecule has 0 aliphatic carbocycles. The first kappa shape index (κ1) is 11.1. The van der Waals surface area contributed by atoms with Crippen LogP contribution in [-0.2, 0) is 4.74 Å². The lowest BCUT2D eigenvalue weighted by Gasteiger charge is -2.12. The van der Waals surface area contributed by atoms with E-state index < -0.39 is 0 Å². The van der Waals surface area contributed by atoms with Gasteiger partial charge >= 0.3 is 0 Å². The van der Waals surface area contributed by atoms with Crippen LogP contribution in [0.3, 0.4) is 0 Å². The summed E-state index contributed by atoms with van der Waals surface area (Å²) in [6.45, 7) is 4.68. The number of nitrogens with one attached hydrogen (secondary N) is 1. The predicted molar refractivity (Wildman–Crippen MR) is 66.5 cm³/mol. The molecule has 0 aromatic heterocycles. The number of para-hydroxylation sites is 1. The lowest BCUT2D eigenvalue weighted by molar-refractivity contribution is 0.0878. The standard InChI is InChI=1S/C14H19NO2/c1-2-4-14-13(3-1)12(10-17-14)9-16-8-11-5-6-15-7-11/h1-4,11-12,15H,5-10H2. The highest BCUT2D eigenvalue weighted by atomic mass is 16.5. The van der Waals surface area contributed by atoms with Gasteiger partial charge in [-0.2, -0.15) is 0 Å². The summed E-state index contributed by atoms with van der Waals surface area (Å²) in [6, 6.07) is 8.28. The number of rotatable bonds is 4. The van der Waals surface area contributed by atoms with E-state index >= 15 is 0 Å². The Morgan fingerprint density at radius 1 is 1.29 bits per heavy atom. The Bertz CT molecular complexity index is 374. The molecule has 17 heavy (non-hydrogen) atoms. The Balaban J connectivity index is 1.50. The average Bonchev–Trinajstić information content (AvgIpc) is 2.99. The smallest absolute Gasteiger partial charge is 0.123 e. The van der Waals surface area contributed by atoms with E-state index in [-0.39, 0.29) is 0 Å². The minimum absolute atomic E-state index is 0.417. The van der Waals surface area contributed by atoms with E-state index in [1.807, 2.05) is 12.1 Å². The van der Waals surface area contributed by atoms with Gasteiger partial charge in [0.25, 0.3) is 0 Å². The number of fused-ring (bicyclic) bond motifs is 1. The number of ether oxygens (including phenoxy) is 2. The van der Waals surface area contributed by atoms with Crippen molar-refractivity contribution in [3.63, 3.8) is 0 Å². The minimum atomic E-state index is 0.417. The molecule has 2 aliphatic rings. The first-order chi connectivity index (χ1) is 8.43. The van der Waals surface area contributed by atoms with Crippen LogP contribution >= 0.6 is 0 Å². The highest BCUT2D eigenvalue weighted by Gasteiger charge is 2.24. The molecule has 3 heteroatoms. The molecule has 1 aromatic rings. The molecule has 92 valence electrons. The molecule has 0 spiro atoms. The van der Waals surface area contributed by atoms with Gasteiger partial charge in [0.1, 0.15) is 5.75 Å². The maximum absolute atomic E-state index is 5.84. The maximum atomic E-state index is 5.84. The van der Waals surface area contributed by atoms with Gasteiger partial charge in [-0.1, -0.05) is 18.2 Å². The van der Waals surface area contributed by atoms with Crippen molar-refractivity contribution in [3.05, 3.63) is 29.8 Å². The fourth-order valence-corrected chi connectivity index (χ4v) is 2.60. The monoisotopic (exact) mass is 233 g/mol. The fraction of sp³-hybridized carbons (Fsp3) is 0.571.